The number of carbonyl (C=O) groups is 1. The van der Waals surface area contributed by atoms with Crippen LogP contribution in [0.5, 0.6) is 0 Å². The molecule has 3 nitrogen and oxygen atoms in total. The van der Waals surface area contributed by atoms with Gasteiger partial charge in [-0.3, -0.25) is 0 Å². The zero-order valence-corrected chi connectivity index (χ0v) is 8.39. The van der Waals surface area contributed by atoms with Crippen LogP contribution in [0.25, 0.3) is 0 Å². The monoisotopic (exact) mass is 247 g/mol. The number of halogens is 2. The molecule has 0 heterocycles. The summed E-state index contributed by atoms with van der Waals surface area (Å²) < 4.78 is 17.8. The Kier molecular flexibility index (Phi) is 2.87. The molecule has 0 unspecified atom stereocenters. The molecule has 0 atom stereocenters. The van der Waals surface area contributed by atoms with Crippen LogP contribution in [-0.4, -0.2) is 13.1 Å². The van der Waals surface area contributed by atoms with Gasteiger partial charge in [0.15, 0.2) is 0 Å². The molecule has 2 N–H and O–H groups in total. The SMILES string of the molecule is COC(=O)c1c(F)cc(N)cc1Br. The molecule has 0 aromatic heterocycles. The van der Waals surface area contributed by atoms with Crippen molar-refractivity contribution in [3.63, 3.8) is 0 Å². The number of hydrogen-bond acceptors (Lipinski definition) is 3. The van der Waals surface area contributed by atoms with E-state index in [0.717, 1.165) is 6.07 Å². The van der Waals surface area contributed by atoms with E-state index in [-0.39, 0.29) is 15.7 Å². The van der Waals surface area contributed by atoms with Gasteiger partial charge in [0.05, 0.1) is 7.11 Å². The maximum Gasteiger partial charge on any atom is 0.342 e. The lowest BCUT2D eigenvalue weighted by atomic mass is 10.2. The van der Waals surface area contributed by atoms with Crippen molar-refractivity contribution in [2.45, 2.75) is 0 Å². The highest BCUT2D eigenvalue weighted by molar-refractivity contribution is 9.10. The third kappa shape index (κ3) is 1.98. The van der Waals surface area contributed by atoms with E-state index in [0.29, 0.717) is 0 Å². The van der Waals surface area contributed by atoms with E-state index in [1.165, 1.54) is 13.2 Å². The molecule has 0 amide bonds. The first-order valence-corrected chi connectivity index (χ1v) is 4.18. The van der Waals surface area contributed by atoms with Gasteiger partial charge in [0.1, 0.15) is 11.4 Å². The average molecular weight is 248 g/mol. The summed E-state index contributed by atoms with van der Waals surface area (Å²) in [5.74, 6) is -1.43. The molecule has 5 heteroatoms. The van der Waals surface area contributed by atoms with E-state index >= 15 is 0 Å². The summed E-state index contributed by atoms with van der Waals surface area (Å²) in [5, 5.41) is 0. The van der Waals surface area contributed by atoms with Gasteiger partial charge in [0, 0.05) is 10.2 Å². The van der Waals surface area contributed by atoms with E-state index in [1.54, 1.807) is 0 Å². The van der Waals surface area contributed by atoms with Gasteiger partial charge >= 0.3 is 5.97 Å². The number of rotatable bonds is 1. The zero-order valence-electron chi connectivity index (χ0n) is 6.80. The van der Waals surface area contributed by atoms with Crippen molar-refractivity contribution in [3.8, 4) is 0 Å². The van der Waals surface area contributed by atoms with Crippen molar-refractivity contribution in [2.24, 2.45) is 0 Å². The number of ether oxygens (including phenoxy) is 1. The number of benzene rings is 1. The Morgan fingerprint density at radius 1 is 1.62 bits per heavy atom. The lowest BCUT2D eigenvalue weighted by Crippen LogP contribution is -2.06. The molecule has 0 aliphatic heterocycles. The number of nitrogens with two attached hydrogens (primary N) is 1. The van der Waals surface area contributed by atoms with Crippen molar-refractivity contribution in [2.75, 3.05) is 12.8 Å². The van der Waals surface area contributed by atoms with Gasteiger partial charge in [0.25, 0.3) is 0 Å². The lowest BCUT2D eigenvalue weighted by Gasteiger charge is -2.04. The third-order valence-corrected chi connectivity index (χ3v) is 2.08. The minimum absolute atomic E-state index is 0.142. The highest BCUT2D eigenvalue weighted by Crippen LogP contribution is 2.23. The highest BCUT2D eigenvalue weighted by Gasteiger charge is 2.16. The van der Waals surface area contributed by atoms with Crippen LogP contribution in [0, 0.1) is 5.82 Å². The van der Waals surface area contributed by atoms with Gasteiger partial charge in [-0.2, -0.15) is 0 Å². The Balaban J connectivity index is 3.28. The van der Waals surface area contributed by atoms with Crippen LogP contribution in [0.3, 0.4) is 0 Å². The van der Waals surface area contributed by atoms with Gasteiger partial charge in [-0.1, -0.05) is 0 Å². The first-order chi connectivity index (χ1) is 6.06. The molecule has 0 radical (unpaired) electrons. The zero-order chi connectivity index (χ0) is 10.0. The predicted octanol–water partition coefficient (Wildman–Crippen LogP) is 1.96. The fourth-order valence-electron chi connectivity index (χ4n) is 0.890. The molecule has 13 heavy (non-hydrogen) atoms. The smallest absolute Gasteiger partial charge is 0.342 e. The van der Waals surface area contributed by atoms with Gasteiger partial charge in [-0.05, 0) is 28.1 Å². The molecular formula is C8H7BrFNO2. The van der Waals surface area contributed by atoms with Crippen molar-refractivity contribution >= 4 is 27.6 Å². The van der Waals surface area contributed by atoms with Crippen LogP contribution < -0.4 is 5.73 Å². The van der Waals surface area contributed by atoms with Crippen LogP contribution >= 0.6 is 15.9 Å². The second-order valence-corrected chi connectivity index (χ2v) is 3.21. The van der Waals surface area contributed by atoms with Crippen LogP contribution in [0.4, 0.5) is 10.1 Å². The van der Waals surface area contributed by atoms with Gasteiger partial charge in [-0.25, -0.2) is 9.18 Å². The Morgan fingerprint density at radius 2 is 2.23 bits per heavy atom. The Morgan fingerprint density at radius 3 is 2.69 bits per heavy atom. The summed E-state index contributed by atoms with van der Waals surface area (Å²) in [4.78, 5) is 11.0. The largest absolute Gasteiger partial charge is 0.465 e. The minimum atomic E-state index is -0.732. The van der Waals surface area contributed by atoms with Gasteiger partial charge in [-0.15, -0.1) is 0 Å². The predicted molar refractivity (Wildman–Crippen MR) is 49.9 cm³/mol. The second kappa shape index (κ2) is 3.74. The van der Waals surface area contributed by atoms with Crippen LogP contribution in [0.2, 0.25) is 0 Å². The summed E-state index contributed by atoms with van der Waals surface area (Å²) in [7, 11) is 1.19. The number of esters is 1. The quantitative estimate of drug-likeness (QED) is 0.610. The van der Waals surface area contributed by atoms with E-state index in [2.05, 4.69) is 20.7 Å². The molecule has 0 spiro atoms. The summed E-state index contributed by atoms with van der Waals surface area (Å²) in [6.45, 7) is 0. The summed E-state index contributed by atoms with van der Waals surface area (Å²) in [6.07, 6.45) is 0. The minimum Gasteiger partial charge on any atom is -0.465 e. The second-order valence-electron chi connectivity index (χ2n) is 2.35. The summed E-state index contributed by atoms with van der Waals surface area (Å²) >= 11 is 3.02. The third-order valence-electron chi connectivity index (χ3n) is 1.45. The Bertz CT molecular complexity index is 331. The summed E-state index contributed by atoms with van der Waals surface area (Å²) in [5.41, 5.74) is 5.45. The molecule has 0 aliphatic rings. The van der Waals surface area contributed by atoms with Gasteiger partial charge in [0.2, 0.25) is 0 Å². The molecule has 0 saturated heterocycles. The molecule has 1 rings (SSSR count). The number of carbonyl (C=O) groups excluding carboxylic acids is 1. The molecule has 70 valence electrons. The molecule has 1 aromatic carbocycles. The lowest BCUT2D eigenvalue weighted by molar-refractivity contribution is 0.0594. The van der Waals surface area contributed by atoms with Crippen molar-refractivity contribution in [1.29, 1.82) is 0 Å². The van der Waals surface area contributed by atoms with Crippen molar-refractivity contribution in [1.82, 2.24) is 0 Å². The molecule has 0 fully saturated rings. The number of hydrogen-bond donors (Lipinski definition) is 1. The Hall–Kier alpha value is -1.10. The summed E-state index contributed by atoms with van der Waals surface area (Å²) in [6, 6.07) is 2.51. The first-order valence-electron chi connectivity index (χ1n) is 3.39. The van der Waals surface area contributed by atoms with E-state index in [4.69, 9.17) is 5.73 Å². The molecule has 0 aliphatic carbocycles. The fraction of sp³-hybridized carbons (Fsp3) is 0.125. The van der Waals surface area contributed by atoms with Crippen molar-refractivity contribution in [3.05, 3.63) is 28.0 Å². The van der Waals surface area contributed by atoms with Gasteiger partial charge < -0.3 is 10.5 Å². The number of anilines is 1. The maximum absolute atomic E-state index is 13.1. The van der Waals surface area contributed by atoms with E-state index in [1.807, 2.05) is 0 Å². The maximum atomic E-state index is 13.1. The first kappa shape index (κ1) is 9.98. The van der Waals surface area contributed by atoms with Crippen LogP contribution in [0.15, 0.2) is 16.6 Å². The number of nitrogen functional groups attached to an aromatic ring is 1. The average Bonchev–Trinajstić information content (AvgIpc) is 2.02. The molecule has 0 bridgehead atoms. The van der Waals surface area contributed by atoms with Crippen molar-refractivity contribution < 1.29 is 13.9 Å². The van der Waals surface area contributed by atoms with Crippen LogP contribution in [-0.2, 0) is 4.74 Å². The highest BCUT2D eigenvalue weighted by atomic mass is 79.9. The van der Waals surface area contributed by atoms with Crippen LogP contribution in [0.1, 0.15) is 10.4 Å². The molecular weight excluding hydrogens is 241 g/mol. The standard InChI is InChI=1S/C8H7BrFNO2/c1-13-8(12)7-5(9)2-4(11)3-6(7)10/h2-3H,11H2,1H3. The Labute approximate surface area is 82.8 Å². The fourth-order valence-corrected chi connectivity index (χ4v) is 1.51. The topological polar surface area (TPSA) is 52.3 Å². The molecule has 1 aromatic rings. The van der Waals surface area contributed by atoms with E-state index < -0.39 is 11.8 Å². The molecule has 0 saturated carbocycles. The normalized spacial score (nSPS) is 9.77. The van der Waals surface area contributed by atoms with E-state index in [9.17, 15) is 9.18 Å². The number of methoxy groups -OCH3 is 1.